The van der Waals surface area contributed by atoms with Gasteiger partial charge in [0.15, 0.2) is 0 Å². The molecule has 0 aliphatic rings. The van der Waals surface area contributed by atoms with Crippen LogP contribution in [0.2, 0.25) is 0 Å². The van der Waals surface area contributed by atoms with Gasteiger partial charge in [0.2, 0.25) is 0 Å². The second kappa shape index (κ2) is 9.22. The molecule has 0 aliphatic heterocycles. The van der Waals surface area contributed by atoms with Gasteiger partial charge in [0.05, 0.1) is 0 Å². The molecule has 3 atom stereocenters. The molecule has 1 aromatic rings. The first-order valence-corrected chi connectivity index (χ1v) is 8.18. The zero-order valence-corrected chi connectivity index (χ0v) is 15.8. The Morgan fingerprint density at radius 3 is 1.33 bits per heavy atom. The summed E-state index contributed by atoms with van der Waals surface area (Å²) in [6.07, 6.45) is -15.0. The SMILES string of the molecule is O=C(O)c1c(OC(F)(F)C(F)Cl)cc(OC(F)(F)C(F)Cl)cc1OC(F)(F)C(F)Cl. The van der Waals surface area contributed by atoms with Crippen molar-refractivity contribution in [3.63, 3.8) is 0 Å². The van der Waals surface area contributed by atoms with Gasteiger partial charge in [-0.15, -0.1) is 0 Å². The maximum atomic E-state index is 13.4. The highest BCUT2D eigenvalue weighted by molar-refractivity contribution is 6.20. The van der Waals surface area contributed by atoms with Crippen LogP contribution in [0.3, 0.4) is 0 Å². The minimum atomic E-state index is -5.04. The second-order valence-electron chi connectivity index (χ2n) is 4.99. The number of ether oxygens (including phenoxy) is 3. The zero-order valence-electron chi connectivity index (χ0n) is 13.5. The summed E-state index contributed by atoms with van der Waals surface area (Å²) >= 11 is 13.5. The molecule has 172 valence electrons. The minimum Gasteiger partial charge on any atom is -0.477 e. The number of carbonyl (C=O) groups is 1. The van der Waals surface area contributed by atoms with Gasteiger partial charge in [0.1, 0.15) is 22.8 Å². The van der Waals surface area contributed by atoms with Crippen molar-refractivity contribution in [2.45, 2.75) is 35.2 Å². The van der Waals surface area contributed by atoms with Gasteiger partial charge >= 0.3 is 24.3 Å². The van der Waals surface area contributed by atoms with Crippen LogP contribution in [0.15, 0.2) is 12.1 Å². The van der Waals surface area contributed by atoms with Gasteiger partial charge in [-0.1, -0.05) is 34.8 Å². The van der Waals surface area contributed by atoms with E-state index >= 15 is 0 Å². The molecular weight excluding hydrogens is 513 g/mol. The van der Waals surface area contributed by atoms with Gasteiger partial charge in [-0.3, -0.25) is 0 Å². The van der Waals surface area contributed by atoms with Crippen LogP contribution in [0.5, 0.6) is 17.2 Å². The Labute approximate surface area is 175 Å². The molecule has 0 aromatic heterocycles. The van der Waals surface area contributed by atoms with Crippen molar-refractivity contribution in [1.82, 2.24) is 0 Å². The van der Waals surface area contributed by atoms with Crippen molar-refractivity contribution < 1.29 is 63.6 Å². The van der Waals surface area contributed by atoms with Crippen molar-refractivity contribution in [3.8, 4) is 17.2 Å². The third-order valence-corrected chi connectivity index (χ3v) is 3.52. The third-order valence-electron chi connectivity index (χ3n) is 2.76. The number of rotatable bonds is 10. The molecule has 0 saturated heterocycles. The molecule has 0 aliphatic carbocycles. The zero-order chi connectivity index (χ0) is 23.7. The third kappa shape index (κ3) is 6.41. The largest absolute Gasteiger partial charge is 0.477 e. The molecule has 1 N–H and O–H groups in total. The lowest BCUT2D eigenvalue weighted by atomic mass is 10.1. The number of alkyl halides is 12. The first kappa shape index (κ1) is 26.4. The lowest BCUT2D eigenvalue weighted by molar-refractivity contribution is -0.205. The average Bonchev–Trinajstić information content (AvgIpc) is 2.52. The van der Waals surface area contributed by atoms with E-state index in [1.165, 1.54) is 0 Å². The van der Waals surface area contributed by atoms with E-state index in [-0.39, 0.29) is 12.1 Å². The van der Waals surface area contributed by atoms with E-state index in [9.17, 15) is 44.3 Å². The van der Waals surface area contributed by atoms with E-state index in [2.05, 4.69) is 49.0 Å². The Balaban J connectivity index is 3.68. The molecule has 17 heteroatoms. The predicted octanol–water partition coefficient (Wildman–Crippen LogP) is 5.90. The maximum absolute atomic E-state index is 13.4. The average molecular weight is 520 g/mol. The normalized spacial score (nSPS) is 15.9. The van der Waals surface area contributed by atoms with Crippen molar-refractivity contribution >= 4 is 40.8 Å². The number of carboxylic acid groups (broad SMARTS) is 1. The molecule has 30 heavy (non-hydrogen) atoms. The standard InChI is InChI=1S/C13H6Cl3F9O5/c14-8(17)11(20,21)28-3-1-4(29-12(22,23)9(15)18)6(7(26)27)5(2-3)30-13(24,25)10(16)19/h1-2,8-10H,(H,26,27). The molecule has 0 fully saturated rings. The summed E-state index contributed by atoms with van der Waals surface area (Å²) in [5.41, 5.74) is -12.6. The summed E-state index contributed by atoms with van der Waals surface area (Å²) in [7, 11) is 0. The first-order valence-electron chi connectivity index (χ1n) is 6.87. The summed E-state index contributed by atoms with van der Waals surface area (Å²) < 4.78 is 129. The van der Waals surface area contributed by atoms with Crippen molar-refractivity contribution in [1.29, 1.82) is 0 Å². The summed E-state index contributed by atoms with van der Waals surface area (Å²) in [6, 6.07) is -0.217. The highest BCUT2D eigenvalue weighted by Gasteiger charge is 2.47. The van der Waals surface area contributed by atoms with Crippen LogP contribution in [-0.2, 0) is 0 Å². The Hall–Kier alpha value is -1.67. The molecule has 1 rings (SSSR count). The van der Waals surface area contributed by atoms with Gasteiger partial charge < -0.3 is 19.3 Å². The van der Waals surface area contributed by atoms with Crippen LogP contribution in [0.4, 0.5) is 39.5 Å². The van der Waals surface area contributed by atoms with Crippen LogP contribution in [0.1, 0.15) is 10.4 Å². The van der Waals surface area contributed by atoms with Crippen molar-refractivity contribution in [2.75, 3.05) is 0 Å². The molecule has 0 amide bonds. The Kier molecular flexibility index (Phi) is 8.10. The number of halogens is 12. The topological polar surface area (TPSA) is 65.0 Å². The van der Waals surface area contributed by atoms with Crippen LogP contribution in [0, 0.1) is 0 Å². The van der Waals surface area contributed by atoms with E-state index in [4.69, 9.17) is 5.11 Å². The molecule has 0 spiro atoms. The van der Waals surface area contributed by atoms with Gasteiger partial charge in [0.25, 0.3) is 16.9 Å². The molecular formula is C13H6Cl3F9O5. The molecule has 0 bridgehead atoms. The summed E-state index contributed by atoms with van der Waals surface area (Å²) in [4.78, 5) is 11.3. The van der Waals surface area contributed by atoms with E-state index in [1.807, 2.05) is 0 Å². The summed E-state index contributed by atoms with van der Waals surface area (Å²) in [5.74, 6) is -7.55. The Bertz CT molecular complexity index is 734. The molecule has 0 saturated carbocycles. The van der Waals surface area contributed by atoms with E-state index in [0.29, 0.717) is 0 Å². The molecule has 3 unspecified atom stereocenters. The number of benzene rings is 1. The second-order valence-corrected chi connectivity index (χ2v) is 6.14. The lowest BCUT2D eigenvalue weighted by Crippen LogP contribution is -2.35. The smallest absolute Gasteiger partial charge is 0.444 e. The first-order chi connectivity index (χ1) is 13.4. The Morgan fingerprint density at radius 2 is 1.07 bits per heavy atom. The van der Waals surface area contributed by atoms with Crippen LogP contribution in [-0.4, -0.2) is 46.3 Å². The van der Waals surface area contributed by atoms with E-state index in [0.717, 1.165) is 0 Å². The highest BCUT2D eigenvalue weighted by atomic mass is 35.5. The number of hydrogen-bond donors (Lipinski definition) is 1. The molecule has 1 aromatic carbocycles. The predicted molar refractivity (Wildman–Crippen MR) is 82.4 cm³/mol. The van der Waals surface area contributed by atoms with Gasteiger partial charge in [0, 0.05) is 12.1 Å². The lowest BCUT2D eigenvalue weighted by Gasteiger charge is -2.24. The summed E-state index contributed by atoms with van der Waals surface area (Å²) in [6.45, 7) is 0. The van der Waals surface area contributed by atoms with E-state index < -0.39 is 64.0 Å². The maximum Gasteiger partial charge on any atom is 0.444 e. The van der Waals surface area contributed by atoms with Crippen molar-refractivity contribution in [3.05, 3.63) is 17.7 Å². The van der Waals surface area contributed by atoms with E-state index in [1.54, 1.807) is 0 Å². The number of hydrogen-bond acceptors (Lipinski definition) is 4. The Morgan fingerprint density at radius 1 is 0.767 bits per heavy atom. The van der Waals surface area contributed by atoms with Gasteiger partial charge in [-0.25, -0.2) is 18.0 Å². The minimum absolute atomic E-state index is 0.109. The van der Waals surface area contributed by atoms with Crippen LogP contribution in [0.25, 0.3) is 0 Å². The number of aromatic carboxylic acids is 1. The van der Waals surface area contributed by atoms with Crippen LogP contribution < -0.4 is 14.2 Å². The monoisotopic (exact) mass is 518 g/mol. The fraction of sp³-hybridized carbons (Fsp3) is 0.462. The van der Waals surface area contributed by atoms with Crippen molar-refractivity contribution in [2.24, 2.45) is 0 Å². The van der Waals surface area contributed by atoms with Gasteiger partial charge in [-0.05, 0) is 0 Å². The molecule has 0 heterocycles. The molecule has 5 nitrogen and oxygen atoms in total. The fourth-order valence-electron chi connectivity index (χ4n) is 1.58. The van der Waals surface area contributed by atoms with Gasteiger partial charge in [-0.2, -0.15) is 26.3 Å². The van der Waals surface area contributed by atoms with Crippen LogP contribution >= 0.6 is 34.8 Å². The summed E-state index contributed by atoms with van der Waals surface area (Å²) in [5, 5.41) is 9.06. The highest BCUT2D eigenvalue weighted by Crippen LogP contribution is 2.42. The fourth-order valence-corrected chi connectivity index (χ4v) is 1.71. The number of carboxylic acids is 1. The quantitative estimate of drug-likeness (QED) is 0.308. The molecule has 0 radical (unpaired) electrons.